The zero-order valence-corrected chi connectivity index (χ0v) is 12.6. The van der Waals surface area contributed by atoms with Crippen molar-refractivity contribution >= 4 is 11.6 Å². The molecule has 0 saturated carbocycles. The fourth-order valence-electron chi connectivity index (χ4n) is 2.71. The molecule has 3 aromatic rings. The number of para-hydroxylation sites is 1. The molecular weight excluding hydrogens is 290 g/mol. The minimum absolute atomic E-state index is 0.0629. The summed E-state index contributed by atoms with van der Waals surface area (Å²) in [7, 11) is 0. The molecule has 0 spiro atoms. The summed E-state index contributed by atoms with van der Waals surface area (Å²) in [4.78, 5) is 11.5. The third kappa shape index (κ3) is 2.46. The molecule has 1 aliphatic rings. The van der Waals surface area contributed by atoms with Crippen LogP contribution in [0.1, 0.15) is 5.69 Å². The monoisotopic (exact) mass is 305 g/mol. The number of carbonyl (C=O) groups is 1. The molecule has 1 aliphatic heterocycles. The molecule has 114 valence electrons. The van der Waals surface area contributed by atoms with E-state index in [4.69, 9.17) is 4.74 Å². The van der Waals surface area contributed by atoms with Crippen LogP contribution in [-0.4, -0.2) is 22.3 Å². The van der Waals surface area contributed by atoms with Gasteiger partial charge < -0.3 is 10.1 Å². The first-order chi connectivity index (χ1) is 11.2. The molecule has 5 nitrogen and oxygen atoms in total. The second-order valence-electron chi connectivity index (χ2n) is 5.47. The van der Waals surface area contributed by atoms with E-state index in [1.807, 2.05) is 66.2 Å². The van der Waals surface area contributed by atoms with Gasteiger partial charge in [-0.2, -0.15) is 5.10 Å². The molecule has 0 radical (unpaired) electrons. The smallest absolute Gasteiger partial charge is 0.262 e. The summed E-state index contributed by atoms with van der Waals surface area (Å²) in [5.74, 6) is 0.554. The van der Waals surface area contributed by atoms with Gasteiger partial charge in [0, 0.05) is 5.56 Å². The molecule has 0 bridgehead atoms. The second kappa shape index (κ2) is 5.28. The Balaban J connectivity index is 1.83. The number of benzene rings is 2. The Morgan fingerprint density at radius 1 is 1.13 bits per heavy atom. The van der Waals surface area contributed by atoms with Gasteiger partial charge in [0.05, 0.1) is 22.8 Å². The normalized spacial score (nSPS) is 13.2. The van der Waals surface area contributed by atoms with Crippen molar-refractivity contribution < 1.29 is 9.53 Å². The summed E-state index contributed by atoms with van der Waals surface area (Å²) in [5, 5.41) is 7.42. The van der Waals surface area contributed by atoms with E-state index in [2.05, 4.69) is 10.4 Å². The summed E-state index contributed by atoms with van der Waals surface area (Å²) in [6.45, 7) is 2.03. The number of nitrogens with one attached hydrogen (secondary N) is 1. The van der Waals surface area contributed by atoms with Gasteiger partial charge in [-0.05, 0) is 43.3 Å². The fraction of sp³-hybridized carbons (Fsp3) is 0.111. The Morgan fingerprint density at radius 2 is 1.96 bits per heavy atom. The molecule has 0 fully saturated rings. The lowest BCUT2D eigenvalue weighted by molar-refractivity contribution is -0.118. The molecule has 23 heavy (non-hydrogen) atoms. The van der Waals surface area contributed by atoms with E-state index < -0.39 is 0 Å². The third-order valence-electron chi connectivity index (χ3n) is 3.74. The van der Waals surface area contributed by atoms with Gasteiger partial charge in [0.2, 0.25) is 0 Å². The number of anilines is 1. The van der Waals surface area contributed by atoms with Crippen molar-refractivity contribution in [2.24, 2.45) is 0 Å². The van der Waals surface area contributed by atoms with Gasteiger partial charge in [-0.15, -0.1) is 0 Å². The number of ether oxygens (including phenoxy) is 1. The number of carbonyl (C=O) groups excluding carboxylic acids is 1. The van der Waals surface area contributed by atoms with Crippen molar-refractivity contribution in [1.29, 1.82) is 0 Å². The topological polar surface area (TPSA) is 56.1 Å². The molecule has 1 amide bonds. The molecule has 0 atom stereocenters. The standard InChI is InChI=1S/C18H15N3O2/c1-12-9-16(21(20-12)14-5-3-2-4-6-14)13-7-8-17-15(10-13)19-18(22)11-23-17/h2-10H,11H2,1H3,(H,19,22). The molecule has 0 aliphatic carbocycles. The Hall–Kier alpha value is -3.08. The van der Waals surface area contributed by atoms with Gasteiger partial charge >= 0.3 is 0 Å². The van der Waals surface area contributed by atoms with Crippen LogP contribution in [0.2, 0.25) is 0 Å². The first kappa shape index (κ1) is 13.6. The van der Waals surface area contributed by atoms with Gasteiger partial charge in [0.25, 0.3) is 5.91 Å². The first-order valence-electron chi connectivity index (χ1n) is 7.40. The maximum absolute atomic E-state index is 11.5. The summed E-state index contributed by atoms with van der Waals surface area (Å²) < 4.78 is 7.32. The number of aryl methyl sites for hydroxylation is 1. The van der Waals surface area contributed by atoms with Crippen LogP contribution in [0.25, 0.3) is 16.9 Å². The first-order valence-corrected chi connectivity index (χ1v) is 7.40. The SMILES string of the molecule is Cc1cc(-c2ccc3c(c2)NC(=O)CO3)n(-c2ccccc2)n1. The van der Waals surface area contributed by atoms with E-state index in [1.165, 1.54) is 0 Å². The number of aromatic nitrogens is 2. The van der Waals surface area contributed by atoms with Crippen molar-refractivity contribution in [2.75, 3.05) is 11.9 Å². The van der Waals surface area contributed by atoms with Crippen molar-refractivity contribution in [3.05, 3.63) is 60.3 Å². The largest absolute Gasteiger partial charge is 0.482 e. The second-order valence-corrected chi connectivity index (χ2v) is 5.47. The van der Waals surface area contributed by atoms with Crippen LogP contribution in [0.15, 0.2) is 54.6 Å². The number of fused-ring (bicyclic) bond motifs is 1. The summed E-state index contributed by atoms with van der Waals surface area (Å²) >= 11 is 0. The van der Waals surface area contributed by atoms with Gasteiger partial charge in [0.1, 0.15) is 5.75 Å². The van der Waals surface area contributed by atoms with Gasteiger partial charge in [0.15, 0.2) is 6.61 Å². The van der Waals surface area contributed by atoms with Crippen LogP contribution in [0, 0.1) is 6.92 Å². The number of hydrogen-bond acceptors (Lipinski definition) is 3. The fourth-order valence-corrected chi connectivity index (χ4v) is 2.71. The number of nitrogens with zero attached hydrogens (tertiary/aromatic N) is 2. The summed E-state index contributed by atoms with van der Waals surface area (Å²) in [5.41, 5.74) is 4.56. The van der Waals surface area contributed by atoms with Crippen LogP contribution in [-0.2, 0) is 4.79 Å². The highest BCUT2D eigenvalue weighted by Gasteiger charge is 2.18. The predicted octanol–water partition coefficient (Wildman–Crippen LogP) is 3.18. The van der Waals surface area contributed by atoms with Crippen molar-refractivity contribution in [1.82, 2.24) is 9.78 Å². The van der Waals surface area contributed by atoms with Gasteiger partial charge in [-0.3, -0.25) is 4.79 Å². The molecule has 1 aromatic heterocycles. The third-order valence-corrected chi connectivity index (χ3v) is 3.74. The molecule has 0 saturated heterocycles. The zero-order valence-electron chi connectivity index (χ0n) is 12.6. The van der Waals surface area contributed by atoms with Crippen LogP contribution < -0.4 is 10.1 Å². The maximum Gasteiger partial charge on any atom is 0.262 e. The number of amides is 1. The Bertz CT molecular complexity index is 885. The Labute approximate surface area is 133 Å². The van der Waals surface area contributed by atoms with Crippen molar-refractivity contribution in [3.63, 3.8) is 0 Å². The minimum Gasteiger partial charge on any atom is -0.482 e. The molecule has 0 unspecified atom stereocenters. The van der Waals surface area contributed by atoms with E-state index in [0.717, 1.165) is 22.6 Å². The zero-order chi connectivity index (χ0) is 15.8. The molecule has 1 N–H and O–H groups in total. The summed E-state index contributed by atoms with van der Waals surface area (Å²) in [6.07, 6.45) is 0. The lowest BCUT2D eigenvalue weighted by atomic mass is 10.1. The maximum atomic E-state index is 11.5. The van der Waals surface area contributed by atoms with Crippen molar-refractivity contribution in [3.8, 4) is 22.7 Å². The molecule has 4 rings (SSSR count). The van der Waals surface area contributed by atoms with E-state index in [-0.39, 0.29) is 12.5 Å². The highest BCUT2D eigenvalue weighted by Crippen LogP contribution is 2.33. The average molecular weight is 305 g/mol. The predicted molar refractivity (Wildman–Crippen MR) is 87.9 cm³/mol. The molecule has 2 heterocycles. The number of hydrogen-bond donors (Lipinski definition) is 1. The average Bonchev–Trinajstić information content (AvgIpc) is 2.97. The minimum atomic E-state index is -0.137. The highest BCUT2D eigenvalue weighted by atomic mass is 16.5. The Morgan fingerprint density at radius 3 is 2.78 bits per heavy atom. The molecular formula is C18H15N3O2. The van der Waals surface area contributed by atoms with E-state index in [1.54, 1.807) is 0 Å². The van der Waals surface area contributed by atoms with Crippen LogP contribution >= 0.6 is 0 Å². The molecule has 5 heteroatoms. The quantitative estimate of drug-likeness (QED) is 0.791. The number of rotatable bonds is 2. The van der Waals surface area contributed by atoms with Gasteiger partial charge in [-0.25, -0.2) is 4.68 Å². The van der Waals surface area contributed by atoms with Gasteiger partial charge in [-0.1, -0.05) is 18.2 Å². The lowest BCUT2D eigenvalue weighted by Crippen LogP contribution is -2.25. The van der Waals surface area contributed by atoms with E-state index in [9.17, 15) is 4.79 Å². The highest BCUT2D eigenvalue weighted by molar-refractivity contribution is 5.96. The van der Waals surface area contributed by atoms with E-state index >= 15 is 0 Å². The Kier molecular flexibility index (Phi) is 3.12. The van der Waals surface area contributed by atoms with Crippen LogP contribution in [0.5, 0.6) is 5.75 Å². The summed E-state index contributed by atoms with van der Waals surface area (Å²) in [6, 6.07) is 17.8. The van der Waals surface area contributed by atoms with Crippen LogP contribution in [0.4, 0.5) is 5.69 Å². The van der Waals surface area contributed by atoms with E-state index in [0.29, 0.717) is 11.4 Å². The molecule has 2 aromatic carbocycles. The van der Waals surface area contributed by atoms with Crippen LogP contribution in [0.3, 0.4) is 0 Å². The lowest BCUT2D eigenvalue weighted by Gasteiger charge is -2.18. The van der Waals surface area contributed by atoms with Crippen molar-refractivity contribution in [2.45, 2.75) is 6.92 Å².